The van der Waals surface area contributed by atoms with E-state index in [1.807, 2.05) is 58.1 Å². The molecule has 1 saturated heterocycles. The van der Waals surface area contributed by atoms with Crippen LogP contribution >= 0.6 is 0 Å². The number of hydrogen-bond donors (Lipinski definition) is 1. The van der Waals surface area contributed by atoms with Crippen LogP contribution in [-0.2, 0) is 14.2 Å². The Bertz CT molecular complexity index is 762. The number of aliphatic hydroxyl groups excluding tert-OH is 1. The fraction of sp³-hybridized carbons (Fsp3) is 0.500. The second-order valence-electron chi connectivity index (χ2n) is 7.67. The highest BCUT2D eigenvalue weighted by molar-refractivity contribution is 5.95. The Hall–Kier alpha value is -1.95. The number of esters is 1. The zero-order chi connectivity index (χ0) is 19.6. The van der Waals surface area contributed by atoms with Crippen LogP contribution < -0.4 is 0 Å². The van der Waals surface area contributed by atoms with E-state index in [-0.39, 0.29) is 18.7 Å². The predicted octanol–water partition coefficient (Wildman–Crippen LogP) is 3.70. The van der Waals surface area contributed by atoms with Gasteiger partial charge in [-0.15, -0.1) is 0 Å². The molecule has 1 fully saturated rings. The van der Waals surface area contributed by atoms with Gasteiger partial charge in [-0.25, -0.2) is 4.79 Å². The molecule has 5 heteroatoms. The molecule has 5 nitrogen and oxygen atoms in total. The zero-order valence-electron chi connectivity index (χ0n) is 16.4. The maximum absolute atomic E-state index is 12.6. The van der Waals surface area contributed by atoms with Crippen LogP contribution in [0.1, 0.15) is 53.7 Å². The molecule has 3 rings (SSSR count). The van der Waals surface area contributed by atoms with Crippen molar-refractivity contribution in [2.75, 3.05) is 6.61 Å². The van der Waals surface area contributed by atoms with Gasteiger partial charge in [-0.2, -0.15) is 0 Å². The van der Waals surface area contributed by atoms with Crippen LogP contribution in [0, 0.1) is 13.8 Å². The number of carbonyl (C=O) groups excluding carboxylic acids is 1. The largest absolute Gasteiger partial charge is 0.462 e. The van der Waals surface area contributed by atoms with Crippen LogP contribution in [0.3, 0.4) is 0 Å². The molecular formula is C22H28O5. The SMILES string of the molecule is Cc1cc(C)c2c(c1)/C=C/C[C@H]1OC(C)(C)OC1C(O)/C=C\CCOC2=O. The summed E-state index contributed by atoms with van der Waals surface area (Å²) in [5, 5.41) is 10.5. The normalized spacial score (nSPS) is 30.6. The van der Waals surface area contributed by atoms with Gasteiger partial charge in [0.2, 0.25) is 0 Å². The molecule has 0 radical (unpaired) electrons. The molecule has 0 aromatic heterocycles. The number of hydrogen-bond acceptors (Lipinski definition) is 5. The van der Waals surface area contributed by atoms with Crippen molar-refractivity contribution in [3.05, 3.63) is 52.6 Å². The van der Waals surface area contributed by atoms with Crippen LogP contribution in [0.2, 0.25) is 0 Å². The quantitative estimate of drug-likeness (QED) is 0.556. The summed E-state index contributed by atoms with van der Waals surface area (Å²) < 4.78 is 17.3. The second kappa shape index (κ2) is 7.97. The summed E-state index contributed by atoms with van der Waals surface area (Å²) in [6.45, 7) is 7.89. The molecule has 2 aliphatic rings. The van der Waals surface area contributed by atoms with Gasteiger partial charge in [-0.3, -0.25) is 0 Å². The molecule has 1 N–H and O–H groups in total. The lowest BCUT2D eigenvalue weighted by Crippen LogP contribution is -2.34. The molecule has 0 saturated carbocycles. The maximum Gasteiger partial charge on any atom is 0.339 e. The monoisotopic (exact) mass is 372 g/mol. The van der Waals surface area contributed by atoms with Crippen LogP contribution in [0.15, 0.2) is 30.4 Å². The molecule has 0 spiro atoms. The molecule has 1 aromatic carbocycles. The van der Waals surface area contributed by atoms with Crippen molar-refractivity contribution < 1.29 is 24.1 Å². The third-order valence-electron chi connectivity index (χ3n) is 4.79. The molecule has 27 heavy (non-hydrogen) atoms. The van der Waals surface area contributed by atoms with Crippen LogP contribution in [0.4, 0.5) is 0 Å². The molecule has 0 bridgehead atoms. The Kier molecular flexibility index (Phi) is 5.84. The first kappa shape index (κ1) is 19.8. The van der Waals surface area contributed by atoms with E-state index in [4.69, 9.17) is 14.2 Å². The molecule has 0 amide bonds. The third kappa shape index (κ3) is 4.67. The van der Waals surface area contributed by atoms with E-state index < -0.39 is 18.0 Å². The van der Waals surface area contributed by atoms with Gasteiger partial charge in [-0.1, -0.05) is 42.0 Å². The highest BCUT2D eigenvalue weighted by Crippen LogP contribution is 2.32. The van der Waals surface area contributed by atoms with Crippen molar-refractivity contribution in [3.63, 3.8) is 0 Å². The Labute approximate surface area is 160 Å². The van der Waals surface area contributed by atoms with Crippen molar-refractivity contribution in [1.29, 1.82) is 0 Å². The van der Waals surface area contributed by atoms with Crippen LogP contribution in [-0.4, -0.2) is 41.8 Å². The number of carbonyl (C=O) groups is 1. The molecule has 0 aliphatic carbocycles. The number of ether oxygens (including phenoxy) is 3. The Morgan fingerprint density at radius 2 is 1.93 bits per heavy atom. The maximum atomic E-state index is 12.6. The van der Waals surface area contributed by atoms with Gasteiger partial charge in [0.25, 0.3) is 0 Å². The van der Waals surface area contributed by atoms with E-state index in [1.54, 1.807) is 6.08 Å². The van der Waals surface area contributed by atoms with Gasteiger partial charge in [0, 0.05) is 0 Å². The Morgan fingerprint density at radius 3 is 2.70 bits per heavy atom. The lowest BCUT2D eigenvalue weighted by molar-refractivity contribution is -0.152. The first-order chi connectivity index (χ1) is 12.8. The fourth-order valence-corrected chi connectivity index (χ4v) is 3.71. The molecular weight excluding hydrogens is 344 g/mol. The topological polar surface area (TPSA) is 65.0 Å². The smallest absolute Gasteiger partial charge is 0.339 e. The minimum absolute atomic E-state index is 0.259. The molecule has 2 unspecified atom stereocenters. The van der Waals surface area contributed by atoms with Crippen molar-refractivity contribution in [2.24, 2.45) is 0 Å². The summed E-state index contributed by atoms with van der Waals surface area (Å²) >= 11 is 0. The standard InChI is InChI=1S/C22H28O5/c1-14-12-15(2)19-16(13-14)8-7-10-18-20(27-22(3,4)26-18)17(23)9-5-6-11-25-21(19)24/h5,7-9,12-13,17-18,20,23H,6,10-11H2,1-4H3/b8-7+,9-5-/t17?,18-,20?/m1/s1. The molecule has 3 atom stereocenters. The zero-order valence-corrected chi connectivity index (χ0v) is 16.4. The second-order valence-corrected chi connectivity index (χ2v) is 7.67. The number of aryl methyl sites for hydroxylation is 2. The highest BCUT2D eigenvalue weighted by Gasteiger charge is 2.43. The van der Waals surface area contributed by atoms with E-state index in [0.29, 0.717) is 18.4 Å². The van der Waals surface area contributed by atoms with E-state index in [1.165, 1.54) is 0 Å². The third-order valence-corrected chi connectivity index (χ3v) is 4.79. The summed E-state index contributed by atoms with van der Waals surface area (Å²) in [7, 11) is 0. The average molecular weight is 372 g/mol. The van der Waals surface area contributed by atoms with Gasteiger partial charge in [-0.05, 0) is 51.7 Å². The van der Waals surface area contributed by atoms with E-state index >= 15 is 0 Å². The fourth-order valence-electron chi connectivity index (χ4n) is 3.71. The number of aliphatic hydroxyl groups is 1. The number of cyclic esters (lactones) is 1. The van der Waals surface area contributed by atoms with Gasteiger partial charge in [0.05, 0.1) is 18.3 Å². The number of rotatable bonds is 0. The van der Waals surface area contributed by atoms with Crippen molar-refractivity contribution in [3.8, 4) is 0 Å². The van der Waals surface area contributed by atoms with Crippen molar-refractivity contribution in [2.45, 2.75) is 64.6 Å². The van der Waals surface area contributed by atoms with Crippen molar-refractivity contribution >= 4 is 12.0 Å². The minimum Gasteiger partial charge on any atom is -0.462 e. The Balaban J connectivity index is 1.94. The molecule has 2 heterocycles. The van der Waals surface area contributed by atoms with Crippen LogP contribution in [0.25, 0.3) is 6.08 Å². The van der Waals surface area contributed by atoms with E-state index in [2.05, 4.69) is 0 Å². The van der Waals surface area contributed by atoms with Crippen LogP contribution in [0.5, 0.6) is 0 Å². The summed E-state index contributed by atoms with van der Waals surface area (Å²) in [5.41, 5.74) is 3.42. The predicted molar refractivity (Wildman–Crippen MR) is 103 cm³/mol. The molecule has 2 aliphatic heterocycles. The Morgan fingerprint density at radius 1 is 1.15 bits per heavy atom. The highest BCUT2D eigenvalue weighted by atomic mass is 16.8. The summed E-state index contributed by atoms with van der Waals surface area (Å²) in [4.78, 5) is 12.6. The molecule has 1 aromatic rings. The average Bonchev–Trinajstić information content (AvgIpc) is 2.88. The lowest BCUT2D eigenvalue weighted by Gasteiger charge is -2.19. The summed E-state index contributed by atoms with van der Waals surface area (Å²) in [6, 6.07) is 3.97. The first-order valence-corrected chi connectivity index (χ1v) is 9.42. The van der Waals surface area contributed by atoms with Gasteiger partial charge in [0.1, 0.15) is 12.2 Å². The summed E-state index contributed by atoms with van der Waals surface area (Å²) in [6.07, 6.45) is 7.01. The van der Waals surface area contributed by atoms with E-state index in [9.17, 15) is 9.90 Å². The first-order valence-electron chi connectivity index (χ1n) is 9.42. The number of fused-ring (bicyclic) bond motifs is 2. The van der Waals surface area contributed by atoms with Crippen molar-refractivity contribution in [1.82, 2.24) is 0 Å². The van der Waals surface area contributed by atoms with E-state index in [0.717, 1.165) is 16.7 Å². The summed E-state index contributed by atoms with van der Waals surface area (Å²) in [5.74, 6) is -1.06. The van der Waals surface area contributed by atoms with Gasteiger partial charge in [0.15, 0.2) is 5.79 Å². The minimum atomic E-state index is -0.777. The number of benzene rings is 1. The van der Waals surface area contributed by atoms with Gasteiger partial charge < -0.3 is 19.3 Å². The lowest BCUT2D eigenvalue weighted by atomic mass is 9.97. The molecule has 146 valence electrons. The van der Waals surface area contributed by atoms with Gasteiger partial charge >= 0.3 is 5.97 Å².